The van der Waals surface area contributed by atoms with Crippen molar-refractivity contribution in [2.75, 3.05) is 0 Å². The lowest BCUT2D eigenvalue weighted by Gasteiger charge is -2.09. The second-order valence-electron chi connectivity index (χ2n) is 4.94. The molecule has 2 rings (SSSR count). The van der Waals surface area contributed by atoms with Crippen molar-refractivity contribution in [2.45, 2.75) is 40.0 Å². The molecule has 0 aliphatic heterocycles. The second kappa shape index (κ2) is 4.50. The van der Waals surface area contributed by atoms with Crippen molar-refractivity contribution in [2.24, 2.45) is 5.92 Å². The number of hydrogen-bond donors (Lipinski definition) is 0. The average molecular weight is 234 g/mol. The Bertz CT molecular complexity index is 486. The minimum absolute atomic E-state index is 0.517. The molecule has 2 aromatic rings. The quantitative estimate of drug-likeness (QED) is 0.801. The Balaban J connectivity index is 2.55. The Hall–Kier alpha value is -0.960. The fraction of sp³-hybridized carbons (Fsp3) is 0.538. The van der Waals surface area contributed by atoms with Crippen LogP contribution in [0.3, 0.4) is 0 Å². The molecule has 0 aliphatic carbocycles. The fourth-order valence-corrected chi connectivity index (χ4v) is 2.84. The molecule has 86 valence electrons. The van der Waals surface area contributed by atoms with Gasteiger partial charge < -0.3 is 0 Å². The van der Waals surface area contributed by atoms with Crippen LogP contribution in [0.2, 0.25) is 0 Å². The summed E-state index contributed by atoms with van der Waals surface area (Å²) in [7, 11) is 0. The standard InChI is InChI=1S/C13H18N2S/c1-8(2)5-11-12-13(16-7-15-12)10(6-14-11)9(3)4/h6-9H,5H2,1-4H3. The van der Waals surface area contributed by atoms with Crippen LogP contribution in [0.4, 0.5) is 0 Å². The molecule has 0 atom stereocenters. The third-order valence-corrected chi connectivity index (χ3v) is 3.56. The first-order valence-corrected chi connectivity index (χ1v) is 6.68. The van der Waals surface area contributed by atoms with E-state index in [0.29, 0.717) is 11.8 Å². The van der Waals surface area contributed by atoms with Crippen molar-refractivity contribution in [3.8, 4) is 0 Å². The highest BCUT2D eigenvalue weighted by Gasteiger charge is 2.13. The molecular weight excluding hydrogens is 216 g/mol. The van der Waals surface area contributed by atoms with Gasteiger partial charge in [0.1, 0.15) is 5.52 Å². The summed E-state index contributed by atoms with van der Waals surface area (Å²) in [6, 6.07) is 0. The van der Waals surface area contributed by atoms with Crippen LogP contribution in [0.1, 0.15) is 44.9 Å². The Labute approximate surface area is 101 Å². The van der Waals surface area contributed by atoms with Crippen LogP contribution < -0.4 is 0 Å². The van der Waals surface area contributed by atoms with Gasteiger partial charge in [0, 0.05) is 6.20 Å². The predicted octanol–water partition coefficient (Wildman–Crippen LogP) is 4.01. The van der Waals surface area contributed by atoms with Gasteiger partial charge in [-0.25, -0.2) is 4.98 Å². The third-order valence-electron chi connectivity index (χ3n) is 2.69. The van der Waals surface area contributed by atoms with Crippen molar-refractivity contribution in [1.29, 1.82) is 0 Å². The van der Waals surface area contributed by atoms with Crippen LogP contribution in [-0.2, 0) is 6.42 Å². The zero-order valence-electron chi connectivity index (χ0n) is 10.3. The number of thiazole rings is 1. The van der Waals surface area contributed by atoms with Gasteiger partial charge in [-0.1, -0.05) is 27.7 Å². The van der Waals surface area contributed by atoms with Gasteiger partial charge in [0.25, 0.3) is 0 Å². The molecule has 0 N–H and O–H groups in total. The molecule has 0 amide bonds. The molecule has 16 heavy (non-hydrogen) atoms. The van der Waals surface area contributed by atoms with Crippen LogP contribution >= 0.6 is 11.3 Å². The smallest absolute Gasteiger partial charge is 0.103 e. The van der Waals surface area contributed by atoms with Crippen molar-refractivity contribution in [3.63, 3.8) is 0 Å². The third kappa shape index (κ3) is 2.09. The van der Waals surface area contributed by atoms with E-state index in [0.717, 1.165) is 17.6 Å². The van der Waals surface area contributed by atoms with Gasteiger partial charge in [0.2, 0.25) is 0 Å². The topological polar surface area (TPSA) is 25.8 Å². The molecule has 2 heterocycles. The van der Waals surface area contributed by atoms with Crippen molar-refractivity contribution in [1.82, 2.24) is 9.97 Å². The SMILES string of the molecule is CC(C)Cc1ncc(C(C)C)c2scnc12. The highest BCUT2D eigenvalue weighted by atomic mass is 32.1. The number of fused-ring (bicyclic) bond motifs is 1. The molecule has 2 aromatic heterocycles. The van der Waals surface area contributed by atoms with Crippen LogP contribution in [0, 0.1) is 5.92 Å². The zero-order valence-corrected chi connectivity index (χ0v) is 11.1. The first-order valence-electron chi connectivity index (χ1n) is 5.80. The lowest BCUT2D eigenvalue weighted by atomic mass is 10.0. The number of rotatable bonds is 3. The summed E-state index contributed by atoms with van der Waals surface area (Å²) in [5.41, 5.74) is 5.52. The fourth-order valence-electron chi connectivity index (χ4n) is 1.87. The summed E-state index contributed by atoms with van der Waals surface area (Å²) in [4.78, 5) is 9.06. The molecule has 3 heteroatoms. The number of hydrogen-bond acceptors (Lipinski definition) is 3. The van der Waals surface area contributed by atoms with Crippen molar-refractivity contribution in [3.05, 3.63) is 23.0 Å². The van der Waals surface area contributed by atoms with E-state index in [2.05, 4.69) is 37.7 Å². The highest BCUT2D eigenvalue weighted by Crippen LogP contribution is 2.29. The molecule has 0 fully saturated rings. The van der Waals surface area contributed by atoms with Gasteiger partial charge in [-0.3, -0.25) is 4.98 Å². The highest BCUT2D eigenvalue weighted by molar-refractivity contribution is 7.17. The van der Waals surface area contributed by atoms with Gasteiger partial charge in [0.15, 0.2) is 0 Å². The maximum Gasteiger partial charge on any atom is 0.103 e. The van der Waals surface area contributed by atoms with Crippen LogP contribution in [0.25, 0.3) is 10.2 Å². The minimum Gasteiger partial charge on any atom is -0.259 e. The van der Waals surface area contributed by atoms with Crippen LogP contribution in [0.5, 0.6) is 0 Å². The summed E-state index contributed by atoms with van der Waals surface area (Å²) in [5, 5.41) is 0. The zero-order chi connectivity index (χ0) is 11.7. The Morgan fingerprint density at radius 1 is 1.19 bits per heavy atom. The van der Waals surface area contributed by atoms with E-state index in [4.69, 9.17) is 0 Å². The second-order valence-corrected chi connectivity index (χ2v) is 5.80. The maximum absolute atomic E-state index is 4.58. The lowest BCUT2D eigenvalue weighted by molar-refractivity contribution is 0.637. The summed E-state index contributed by atoms with van der Waals surface area (Å²) >= 11 is 1.73. The molecule has 0 aromatic carbocycles. The van der Waals surface area contributed by atoms with E-state index >= 15 is 0 Å². The summed E-state index contributed by atoms with van der Waals surface area (Å²) < 4.78 is 1.32. The first kappa shape index (κ1) is 11.5. The molecule has 0 saturated carbocycles. The van der Waals surface area contributed by atoms with E-state index < -0.39 is 0 Å². The number of pyridine rings is 1. The van der Waals surface area contributed by atoms with Gasteiger partial charge >= 0.3 is 0 Å². The largest absolute Gasteiger partial charge is 0.259 e. The summed E-state index contributed by atoms with van der Waals surface area (Å²) in [6.45, 7) is 8.85. The Morgan fingerprint density at radius 3 is 2.56 bits per heavy atom. The number of aromatic nitrogens is 2. The van der Waals surface area contributed by atoms with Crippen molar-refractivity contribution >= 4 is 21.6 Å². The van der Waals surface area contributed by atoms with E-state index in [-0.39, 0.29) is 0 Å². The molecule has 0 radical (unpaired) electrons. The molecule has 0 unspecified atom stereocenters. The Morgan fingerprint density at radius 2 is 1.94 bits per heavy atom. The van der Waals surface area contributed by atoms with Crippen LogP contribution in [0.15, 0.2) is 11.7 Å². The van der Waals surface area contributed by atoms with Gasteiger partial charge in [0.05, 0.1) is 15.9 Å². The van der Waals surface area contributed by atoms with E-state index in [1.165, 1.54) is 10.3 Å². The molecule has 0 bridgehead atoms. The molecular formula is C13H18N2S. The molecule has 0 spiro atoms. The van der Waals surface area contributed by atoms with Gasteiger partial charge in [-0.05, 0) is 23.8 Å². The average Bonchev–Trinajstić information content (AvgIpc) is 2.65. The normalized spacial score (nSPS) is 11.9. The summed E-state index contributed by atoms with van der Waals surface area (Å²) in [6.07, 6.45) is 3.04. The predicted molar refractivity (Wildman–Crippen MR) is 70.0 cm³/mol. The lowest BCUT2D eigenvalue weighted by Crippen LogP contribution is -2.00. The van der Waals surface area contributed by atoms with Gasteiger partial charge in [-0.15, -0.1) is 11.3 Å². The van der Waals surface area contributed by atoms with Crippen LogP contribution in [-0.4, -0.2) is 9.97 Å². The minimum atomic E-state index is 0.517. The monoisotopic (exact) mass is 234 g/mol. The van der Waals surface area contributed by atoms with E-state index in [9.17, 15) is 0 Å². The molecule has 0 aliphatic rings. The van der Waals surface area contributed by atoms with Crippen molar-refractivity contribution < 1.29 is 0 Å². The molecule has 0 saturated heterocycles. The Kier molecular flexibility index (Phi) is 3.24. The van der Waals surface area contributed by atoms with E-state index in [1.807, 2.05) is 11.7 Å². The summed E-state index contributed by atoms with van der Waals surface area (Å²) in [5.74, 6) is 1.14. The maximum atomic E-state index is 4.58. The van der Waals surface area contributed by atoms with E-state index in [1.54, 1.807) is 11.3 Å². The van der Waals surface area contributed by atoms with Gasteiger partial charge in [-0.2, -0.15) is 0 Å². The number of nitrogens with zero attached hydrogens (tertiary/aromatic N) is 2. The molecule has 2 nitrogen and oxygen atoms in total. The first-order chi connectivity index (χ1) is 7.59.